The van der Waals surface area contributed by atoms with Gasteiger partial charge in [-0.15, -0.1) is 11.3 Å². The second kappa shape index (κ2) is 7.66. The number of likely N-dealkylation sites (tertiary alicyclic amines) is 1. The molecule has 29 heavy (non-hydrogen) atoms. The normalized spacial score (nSPS) is 16.9. The monoisotopic (exact) mass is 400 g/mol. The molecule has 6 nitrogen and oxygen atoms in total. The van der Waals surface area contributed by atoms with Crippen LogP contribution in [-0.2, 0) is 6.54 Å². The Hall–Kier alpha value is -3.21. The summed E-state index contributed by atoms with van der Waals surface area (Å²) in [4.78, 5) is 14.9. The first-order chi connectivity index (χ1) is 14.3. The second-order valence-corrected chi connectivity index (χ2v) is 8.09. The largest absolute Gasteiger partial charge is 0.361 e. The molecule has 1 aliphatic rings. The molecular weight excluding hydrogens is 380 g/mol. The highest BCUT2D eigenvalue weighted by molar-refractivity contribution is 7.13. The molecule has 3 aromatic heterocycles. The molecule has 1 aliphatic heterocycles. The first kappa shape index (κ1) is 17.9. The summed E-state index contributed by atoms with van der Waals surface area (Å²) in [5, 5.41) is 16.5. The lowest BCUT2D eigenvalue weighted by atomic mass is 10.1. The van der Waals surface area contributed by atoms with Crippen molar-refractivity contribution in [1.82, 2.24) is 19.9 Å². The van der Waals surface area contributed by atoms with Gasteiger partial charge in [0.2, 0.25) is 0 Å². The van der Waals surface area contributed by atoms with Crippen molar-refractivity contribution in [2.24, 2.45) is 0 Å². The molecule has 0 unspecified atom stereocenters. The zero-order valence-corrected chi connectivity index (χ0v) is 16.6. The van der Waals surface area contributed by atoms with Crippen LogP contribution < -0.4 is 5.32 Å². The van der Waals surface area contributed by atoms with Crippen LogP contribution in [0.15, 0.2) is 54.2 Å². The third kappa shape index (κ3) is 3.60. The van der Waals surface area contributed by atoms with E-state index >= 15 is 0 Å². The van der Waals surface area contributed by atoms with E-state index in [-0.39, 0.29) is 0 Å². The summed E-state index contributed by atoms with van der Waals surface area (Å²) < 4.78 is 0. The van der Waals surface area contributed by atoms with Gasteiger partial charge in [-0.3, -0.25) is 4.90 Å². The zero-order valence-electron chi connectivity index (χ0n) is 15.8. The van der Waals surface area contributed by atoms with E-state index in [0.717, 1.165) is 30.3 Å². The third-order valence-electron chi connectivity index (χ3n) is 5.41. The zero-order chi connectivity index (χ0) is 19.6. The Kier molecular flexibility index (Phi) is 4.72. The maximum Gasteiger partial charge on any atom is 0.188 e. The van der Waals surface area contributed by atoms with Crippen molar-refractivity contribution in [3.8, 4) is 6.07 Å². The summed E-state index contributed by atoms with van der Waals surface area (Å²) in [6, 6.07) is 14.5. The topological polar surface area (TPSA) is 80.6 Å². The fraction of sp³-hybridized carbons (Fsp3) is 0.227. The molecule has 4 heterocycles. The number of pyridine rings is 1. The van der Waals surface area contributed by atoms with Gasteiger partial charge in [0.05, 0.1) is 23.4 Å². The Morgan fingerprint density at radius 3 is 3.21 bits per heavy atom. The first-order valence-corrected chi connectivity index (χ1v) is 10.6. The van der Waals surface area contributed by atoms with Crippen LogP contribution in [0.4, 0.5) is 10.9 Å². The number of hydrogen-bond acceptors (Lipinski definition) is 6. The Balaban J connectivity index is 1.34. The van der Waals surface area contributed by atoms with Crippen LogP contribution in [0.1, 0.15) is 35.7 Å². The first-order valence-electron chi connectivity index (χ1n) is 9.68. The minimum Gasteiger partial charge on any atom is -0.361 e. The summed E-state index contributed by atoms with van der Waals surface area (Å²) in [5.41, 5.74) is 4.22. The van der Waals surface area contributed by atoms with E-state index in [1.54, 1.807) is 29.7 Å². The minimum atomic E-state index is 0.328. The number of aromatic nitrogens is 3. The van der Waals surface area contributed by atoms with Crippen LogP contribution in [0.5, 0.6) is 0 Å². The highest BCUT2D eigenvalue weighted by Gasteiger charge is 2.28. The summed E-state index contributed by atoms with van der Waals surface area (Å²) >= 11 is 1.58. The molecule has 4 aromatic rings. The van der Waals surface area contributed by atoms with Gasteiger partial charge in [0.15, 0.2) is 5.13 Å². The van der Waals surface area contributed by atoms with Gasteiger partial charge in [-0.2, -0.15) is 5.26 Å². The number of nitrogens with zero attached hydrogens (tertiary/aromatic N) is 4. The molecule has 0 saturated carbocycles. The number of aromatic amines is 1. The van der Waals surface area contributed by atoms with E-state index in [1.807, 2.05) is 6.20 Å². The van der Waals surface area contributed by atoms with Crippen LogP contribution in [0.2, 0.25) is 0 Å². The number of anilines is 2. The van der Waals surface area contributed by atoms with Gasteiger partial charge in [0.1, 0.15) is 5.82 Å². The van der Waals surface area contributed by atoms with E-state index in [1.165, 1.54) is 22.9 Å². The predicted octanol–water partition coefficient (Wildman–Crippen LogP) is 4.97. The number of rotatable bonds is 5. The van der Waals surface area contributed by atoms with E-state index in [9.17, 15) is 0 Å². The average Bonchev–Trinajstić information content (AvgIpc) is 3.49. The standard InChI is InChI=1S/C22H20N6S/c23-12-15-6-8-25-21(11-15)27-22-26-19(14-29-22)20-5-2-10-28(20)13-16-3-1-4-18-17(16)7-9-24-18/h1,3-4,6-9,11,14,20,24H,2,5,10,13H2,(H,25,26,27)/t20-/m1/s1. The molecule has 1 fully saturated rings. The van der Waals surface area contributed by atoms with Crippen molar-refractivity contribution >= 4 is 33.2 Å². The van der Waals surface area contributed by atoms with Crippen molar-refractivity contribution in [1.29, 1.82) is 5.26 Å². The number of thiazole rings is 1. The van der Waals surface area contributed by atoms with Gasteiger partial charge in [-0.25, -0.2) is 9.97 Å². The molecule has 0 bridgehead atoms. The van der Waals surface area contributed by atoms with Crippen molar-refractivity contribution in [3.63, 3.8) is 0 Å². The highest BCUT2D eigenvalue weighted by atomic mass is 32.1. The third-order valence-corrected chi connectivity index (χ3v) is 6.19. The fourth-order valence-corrected chi connectivity index (χ4v) is 4.80. The van der Waals surface area contributed by atoms with Crippen LogP contribution >= 0.6 is 11.3 Å². The Morgan fingerprint density at radius 2 is 2.28 bits per heavy atom. The quantitative estimate of drug-likeness (QED) is 0.494. The maximum absolute atomic E-state index is 9.05. The molecular formula is C22H20N6S. The predicted molar refractivity (Wildman–Crippen MR) is 115 cm³/mol. The molecule has 144 valence electrons. The molecule has 0 amide bonds. The van der Waals surface area contributed by atoms with E-state index in [0.29, 0.717) is 17.4 Å². The average molecular weight is 401 g/mol. The van der Waals surface area contributed by atoms with Crippen molar-refractivity contribution in [3.05, 3.63) is 71.0 Å². The Morgan fingerprint density at radius 1 is 1.31 bits per heavy atom. The van der Waals surface area contributed by atoms with Crippen molar-refractivity contribution in [2.75, 3.05) is 11.9 Å². The SMILES string of the molecule is N#Cc1ccnc(Nc2nc([C@H]3CCCN3Cc3cccc4[nH]ccc34)cs2)c1. The second-order valence-electron chi connectivity index (χ2n) is 7.23. The number of nitriles is 1. The summed E-state index contributed by atoms with van der Waals surface area (Å²) in [6.45, 7) is 2.00. The van der Waals surface area contributed by atoms with Crippen LogP contribution in [0, 0.1) is 11.3 Å². The summed E-state index contributed by atoms with van der Waals surface area (Å²) in [6.07, 6.45) is 5.94. The van der Waals surface area contributed by atoms with Gasteiger partial charge in [-0.1, -0.05) is 12.1 Å². The van der Waals surface area contributed by atoms with Crippen LogP contribution in [0.25, 0.3) is 10.9 Å². The maximum atomic E-state index is 9.05. The summed E-state index contributed by atoms with van der Waals surface area (Å²) in [5.74, 6) is 0.646. The number of nitrogens with one attached hydrogen (secondary N) is 2. The van der Waals surface area contributed by atoms with E-state index in [2.05, 4.69) is 55.9 Å². The molecule has 0 spiro atoms. The number of H-pyrrole nitrogens is 1. The molecule has 0 radical (unpaired) electrons. The highest BCUT2D eigenvalue weighted by Crippen LogP contribution is 2.36. The van der Waals surface area contributed by atoms with Gasteiger partial charge in [-0.05, 0) is 49.2 Å². The Labute approximate surface area is 172 Å². The number of benzene rings is 1. The smallest absolute Gasteiger partial charge is 0.188 e. The molecule has 7 heteroatoms. The van der Waals surface area contributed by atoms with Gasteiger partial charge in [0.25, 0.3) is 0 Å². The van der Waals surface area contributed by atoms with Crippen molar-refractivity contribution < 1.29 is 0 Å². The molecule has 1 atom stereocenters. The van der Waals surface area contributed by atoms with E-state index in [4.69, 9.17) is 10.2 Å². The molecule has 0 aliphatic carbocycles. The molecule has 5 rings (SSSR count). The molecule has 2 N–H and O–H groups in total. The Bertz CT molecular complexity index is 1190. The molecule has 1 saturated heterocycles. The number of hydrogen-bond donors (Lipinski definition) is 2. The molecule has 1 aromatic carbocycles. The summed E-state index contributed by atoms with van der Waals surface area (Å²) in [7, 11) is 0. The van der Waals surface area contributed by atoms with Gasteiger partial charge in [0, 0.05) is 35.2 Å². The fourth-order valence-electron chi connectivity index (χ4n) is 4.03. The lowest BCUT2D eigenvalue weighted by molar-refractivity contribution is 0.246. The number of fused-ring (bicyclic) bond motifs is 1. The van der Waals surface area contributed by atoms with Crippen LogP contribution in [0.3, 0.4) is 0 Å². The van der Waals surface area contributed by atoms with Gasteiger partial charge >= 0.3 is 0 Å². The van der Waals surface area contributed by atoms with Crippen LogP contribution in [-0.4, -0.2) is 26.4 Å². The minimum absolute atomic E-state index is 0.328. The lowest BCUT2D eigenvalue weighted by Gasteiger charge is -2.23. The lowest BCUT2D eigenvalue weighted by Crippen LogP contribution is -2.23. The van der Waals surface area contributed by atoms with Gasteiger partial charge < -0.3 is 10.3 Å². The van der Waals surface area contributed by atoms with E-state index < -0.39 is 0 Å². The van der Waals surface area contributed by atoms with Crippen molar-refractivity contribution in [2.45, 2.75) is 25.4 Å².